The molecule has 0 atom stereocenters. The molecule has 5 rings (SSSR count). The van der Waals surface area contributed by atoms with Crippen molar-refractivity contribution in [3.05, 3.63) is 88.6 Å². The Morgan fingerprint density at radius 3 is 2.60 bits per heavy atom. The van der Waals surface area contributed by atoms with Crippen molar-refractivity contribution in [3.63, 3.8) is 0 Å². The number of benzene rings is 2. The predicted octanol–water partition coefficient (Wildman–Crippen LogP) is 4.00. The Labute approximate surface area is 172 Å². The zero-order valence-corrected chi connectivity index (χ0v) is 16.5. The highest BCUT2D eigenvalue weighted by atomic mass is 16.5. The molecule has 4 aromatic rings. The van der Waals surface area contributed by atoms with Crippen molar-refractivity contribution in [1.82, 2.24) is 14.9 Å². The molecule has 0 aliphatic heterocycles. The van der Waals surface area contributed by atoms with E-state index in [-0.39, 0.29) is 11.7 Å². The number of ketones is 1. The van der Waals surface area contributed by atoms with Crippen molar-refractivity contribution in [2.24, 2.45) is 0 Å². The van der Waals surface area contributed by atoms with E-state index in [1.165, 1.54) is 0 Å². The maximum absolute atomic E-state index is 13.0. The molecule has 1 amide bonds. The van der Waals surface area contributed by atoms with Gasteiger partial charge in [0, 0.05) is 34.0 Å². The molecule has 30 heavy (non-hydrogen) atoms. The molecule has 2 aromatic heterocycles. The number of nitrogens with zero attached hydrogens (tertiary/aromatic N) is 3. The Morgan fingerprint density at radius 2 is 1.83 bits per heavy atom. The van der Waals surface area contributed by atoms with Crippen molar-refractivity contribution in [2.75, 3.05) is 5.32 Å². The lowest BCUT2D eigenvalue weighted by Gasteiger charge is -2.08. The molecule has 2 aromatic carbocycles. The number of carbonyl (C=O) groups excluding carboxylic acids is 2. The number of carbonyl (C=O) groups is 2. The third-order valence-corrected chi connectivity index (χ3v) is 5.39. The summed E-state index contributed by atoms with van der Waals surface area (Å²) in [5.74, 6) is 0.410. The Bertz CT molecular complexity index is 1300. The molecule has 0 radical (unpaired) electrons. The first-order valence-electron chi connectivity index (χ1n) is 9.55. The highest BCUT2D eigenvalue weighted by molar-refractivity contribution is 6.25. The summed E-state index contributed by atoms with van der Waals surface area (Å²) in [6.45, 7) is 4.24. The minimum absolute atomic E-state index is 0.0532. The molecule has 1 aliphatic carbocycles. The standard InChI is InChI=1S/C23H18N4O3/c1-13-20(14(2)30-26-13)12-27-11-15(10-24-27)25-23(29)19-9-5-8-18-21(19)16-6-3-4-7-17(16)22(18)28/h3-11H,12H2,1-2H3,(H,25,29). The second kappa shape index (κ2) is 6.81. The second-order valence-corrected chi connectivity index (χ2v) is 7.29. The zero-order valence-electron chi connectivity index (χ0n) is 16.5. The van der Waals surface area contributed by atoms with E-state index in [2.05, 4.69) is 15.6 Å². The molecule has 148 valence electrons. The number of aromatic nitrogens is 3. The first-order valence-corrected chi connectivity index (χ1v) is 9.55. The van der Waals surface area contributed by atoms with Crippen LogP contribution in [0, 0.1) is 13.8 Å². The topological polar surface area (TPSA) is 90.0 Å². The summed E-state index contributed by atoms with van der Waals surface area (Å²) < 4.78 is 6.91. The van der Waals surface area contributed by atoms with E-state index < -0.39 is 0 Å². The lowest BCUT2D eigenvalue weighted by Crippen LogP contribution is -2.13. The lowest BCUT2D eigenvalue weighted by atomic mass is 9.99. The van der Waals surface area contributed by atoms with Gasteiger partial charge in [-0.05, 0) is 25.5 Å². The van der Waals surface area contributed by atoms with Crippen molar-refractivity contribution in [2.45, 2.75) is 20.4 Å². The number of amides is 1. The van der Waals surface area contributed by atoms with E-state index in [1.54, 1.807) is 41.3 Å². The molecule has 1 aliphatic rings. The Morgan fingerprint density at radius 1 is 1.07 bits per heavy atom. The van der Waals surface area contributed by atoms with Gasteiger partial charge in [0.1, 0.15) is 5.76 Å². The minimum Gasteiger partial charge on any atom is -0.361 e. The van der Waals surface area contributed by atoms with Gasteiger partial charge in [-0.3, -0.25) is 14.3 Å². The van der Waals surface area contributed by atoms with Gasteiger partial charge in [0.2, 0.25) is 0 Å². The minimum atomic E-state index is -0.284. The maximum Gasteiger partial charge on any atom is 0.256 e. The van der Waals surface area contributed by atoms with Crippen LogP contribution >= 0.6 is 0 Å². The number of fused-ring (bicyclic) bond motifs is 3. The summed E-state index contributed by atoms with van der Waals surface area (Å²) in [4.78, 5) is 25.7. The molecule has 7 heteroatoms. The number of hydrogen-bond donors (Lipinski definition) is 1. The van der Waals surface area contributed by atoms with Crippen LogP contribution in [0.5, 0.6) is 0 Å². The second-order valence-electron chi connectivity index (χ2n) is 7.29. The van der Waals surface area contributed by atoms with Crippen LogP contribution in [0.4, 0.5) is 5.69 Å². The zero-order chi connectivity index (χ0) is 20.8. The van der Waals surface area contributed by atoms with Gasteiger partial charge in [0.15, 0.2) is 5.78 Å². The molecule has 0 unspecified atom stereocenters. The maximum atomic E-state index is 13.0. The van der Waals surface area contributed by atoms with Gasteiger partial charge < -0.3 is 9.84 Å². The monoisotopic (exact) mass is 398 g/mol. The van der Waals surface area contributed by atoms with Crippen molar-refractivity contribution >= 4 is 17.4 Å². The van der Waals surface area contributed by atoms with Crippen molar-refractivity contribution in [1.29, 1.82) is 0 Å². The van der Waals surface area contributed by atoms with Crippen LogP contribution in [0.15, 0.2) is 59.4 Å². The Hall–Kier alpha value is -4.00. The van der Waals surface area contributed by atoms with Crippen LogP contribution in [-0.2, 0) is 6.54 Å². The summed E-state index contributed by atoms with van der Waals surface area (Å²) in [6.07, 6.45) is 3.35. The smallest absolute Gasteiger partial charge is 0.256 e. The quantitative estimate of drug-likeness (QED) is 0.494. The van der Waals surface area contributed by atoms with E-state index in [0.717, 1.165) is 22.6 Å². The normalized spacial score (nSPS) is 12.0. The number of hydrogen-bond acceptors (Lipinski definition) is 5. The molecule has 7 nitrogen and oxygen atoms in total. The molecule has 0 saturated heterocycles. The summed E-state index contributed by atoms with van der Waals surface area (Å²) in [7, 11) is 0. The number of aryl methyl sites for hydroxylation is 2. The summed E-state index contributed by atoms with van der Waals surface area (Å²) >= 11 is 0. The van der Waals surface area contributed by atoms with Crippen LogP contribution in [0.1, 0.15) is 43.3 Å². The lowest BCUT2D eigenvalue weighted by molar-refractivity contribution is 0.102. The Balaban J connectivity index is 1.42. The van der Waals surface area contributed by atoms with Gasteiger partial charge in [-0.25, -0.2) is 0 Å². The largest absolute Gasteiger partial charge is 0.361 e. The van der Waals surface area contributed by atoms with E-state index in [1.807, 2.05) is 32.0 Å². The van der Waals surface area contributed by atoms with E-state index >= 15 is 0 Å². The van der Waals surface area contributed by atoms with E-state index in [9.17, 15) is 9.59 Å². The van der Waals surface area contributed by atoms with Crippen LogP contribution in [0.25, 0.3) is 11.1 Å². The molecule has 0 spiro atoms. The summed E-state index contributed by atoms with van der Waals surface area (Å²) in [5, 5.41) is 11.2. The number of anilines is 1. The highest BCUT2D eigenvalue weighted by Gasteiger charge is 2.30. The van der Waals surface area contributed by atoms with Gasteiger partial charge in [-0.2, -0.15) is 5.10 Å². The predicted molar refractivity (Wildman–Crippen MR) is 111 cm³/mol. The average molecular weight is 398 g/mol. The summed E-state index contributed by atoms with van der Waals surface area (Å²) in [6, 6.07) is 12.6. The number of rotatable bonds is 4. The van der Waals surface area contributed by atoms with Crippen LogP contribution < -0.4 is 5.32 Å². The fourth-order valence-corrected chi connectivity index (χ4v) is 3.87. The van der Waals surface area contributed by atoms with Gasteiger partial charge in [-0.1, -0.05) is 41.6 Å². The van der Waals surface area contributed by atoms with Crippen LogP contribution in [0.3, 0.4) is 0 Å². The van der Waals surface area contributed by atoms with E-state index in [4.69, 9.17) is 4.52 Å². The van der Waals surface area contributed by atoms with E-state index in [0.29, 0.717) is 34.5 Å². The molecule has 2 heterocycles. The Kier molecular flexibility index (Phi) is 4.10. The molecular formula is C23H18N4O3. The van der Waals surface area contributed by atoms with Crippen molar-refractivity contribution < 1.29 is 14.1 Å². The number of nitrogens with one attached hydrogen (secondary N) is 1. The highest BCUT2D eigenvalue weighted by Crippen LogP contribution is 2.38. The molecule has 0 fully saturated rings. The average Bonchev–Trinajstić information content (AvgIpc) is 3.41. The molecule has 0 bridgehead atoms. The summed E-state index contributed by atoms with van der Waals surface area (Å²) in [5.41, 5.74) is 5.46. The third-order valence-electron chi connectivity index (χ3n) is 5.39. The molecular weight excluding hydrogens is 380 g/mol. The first-order chi connectivity index (χ1) is 14.5. The van der Waals surface area contributed by atoms with Crippen LogP contribution in [0.2, 0.25) is 0 Å². The SMILES string of the molecule is Cc1noc(C)c1Cn1cc(NC(=O)c2cccc3c2-c2ccccc2C3=O)cn1. The van der Waals surface area contributed by atoms with Gasteiger partial charge in [-0.15, -0.1) is 0 Å². The fraction of sp³-hybridized carbons (Fsp3) is 0.130. The van der Waals surface area contributed by atoms with Crippen molar-refractivity contribution in [3.8, 4) is 11.1 Å². The van der Waals surface area contributed by atoms with Gasteiger partial charge in [0.05, 0.1) is 24.1 Å². The van der Waals surface area contributed by atoms with Gasteiger partial charge >= 0.3 is 0 Å². The fourth-order valence-electron chi connectivity index (χ4n) is 3.87. The molecule has 1 N–H and O–H groups in total. The third kappa shape index (κ3) is 2.83. The first kappa shape index (κ1) is 18.1. The van der Waals surface area contributed by atoms with Crippen LogP contribution in [-0.4, -0.2) is 26.6 Å². The van der Waals surface area contributed by atoms with Gasteiger partial charge in [0.25, 0.3) is 5.91 Å². The molecule has 0 saturated carbocycles.